The van der Waals surface area contributed by atoms with Gasteiger partial charge in [-0.15, -0.1) is 11.3 Å². The summed E-state index contributed by atoms with van der Waals surface area (Å²) in [5.41, 5.74) is 9.80. The van der Waals surface area contributed by atoms with E-state index in [1.165, 1.54) is 39.9 Å². The number of halogens is 1. The van der Waals surface area contributed by atoms with Crippen molar-refractivity contribution in [2.75, 3.05) is 148 Å². The van der Waals surface area contributed by atoms with E-state index in [1.54, 1.807) is 41.8 Å². The number of pyridine rings is 1. The van der Waals surface area contributed by atoms with Crippen molar-refractivity contribution in [2.24, 2.45) is 16.7 Å². The van der Waals surface area contributed by atoms with Gasteiger partial charge in [-0.1, -0.05) is 88.2 Å². The molecule has 111 heavy (non-hydrogen) atoms. The van der Waals surface area contributed by atoms with Crippen LogP contribution in [0.25, 0.3) is 27.0 Å². The highest BCUT2D eigenvalue weighted by atomic mass is 35.5. The van der Waals surface area contributed by atoms with Crippen molar-refractivity contribution in [2.45, 2.75) is 129 Å². The number of piperazine rings is 2. The van der Waals surface area contributed by atoms with Gasteiger partial charge >= 0.3 is 0 Å². The molecule has 6 N–H and O–H groups in total. The smallest absolute Gasteiger partial charge is 0.293 e. The SMILES string of the molecule is Cc1ncsc1-c1ccc(CNC(=O)[C@@H]2C[C@@H](O)CN2C(=O)[C@@H](NCCOCCOCCOCCOCCN2CCN(C3CCC(CNc4ccc(S(=O)(=O)NC(=O)c5ccc(N6CCN(CC7=C(c8ccc(Cl)cc8)CC(C)(C)CC7)CC6)cc5Oc5cnc6[nH]ccc6c5)cc4[N+](=O)[O-])CC3)CC2)C(C)(C)C)cc1. The molecule has 4 fully saturated rings. The number of rotatable bonds is 35. The maximum absolute atomic E-state index is 14.2. The topological polar surface area (TPSA) is 301 Å². The number of aromatic amines is 1. The first-order valence-electron chi connectivity index (χ1n) is 39.0. The molecule has 598 valence electrons. The number of nitrogens with zero attached hydrogens (tertiary/aromatic N) is 8. The fourth-order valence-corrected chi connectivity index (χ4v) is 17.6. The number of hydrogen-bond acceptors (Lipinski definition) is 22. The number of amides is 3. The summed E-state index contributed by atoms with van der Waals surface area (Å²) in [4.78, 5) is 77.6. The molecule has 29 heteroatoms. The standard InChI is InChI=1S/C82H108ClN13O13S2/c1-56-75(110-55-89-56)60-11-7-57(8-12-60)51-88-79(99)73-47-66(97)54-95(73)80(100)76(81(2,3)4)84-27-37-105-39-41-107-43-44-108-42-40-106-38-36-91-28-32-93(33-29-91)64-17-9-58(10-18-64)50-86-71-22-20-68(48-72(71)96(101)102)111(103,104)90-78(98)69-21-19-65(46-74(69)109-67-45-61-24-26-85-77(61)87-52-67)94-34-30-92(31-35-94)53-62-23-25-82(5,6)49-70(62)59-13-15-63(83)16-14-59/h7-8,11-16,19-22,24,26,45-46,48,52,55,58,64,66,73,76,84,86,97H,9-10,17-18,23,25,27-44,47,49-51,53-54H2,1-6H3,(H,85,87)(H,88,99)(H,90,98)/t58?,64?,66-,73+,76-/m1/s1. The summed E-state index contributed by atoms with van der Waals surface area (Å²) in [6.45, 7) is 25.9. The lowest BCUT2D eigenvalue weighted by Gasteiger charge is -2.42. The van der Waals surface area contributed by atoms with Crippen LogP contribution in [0.3, 0.4) is 0 Å². The molecule has 5 aliphatic rings. The van der Waals surface area contributed by atoms with Gasteiger partial charge in [0.1, 0.15) is 28.9 Å². The van der Waals surface area contributed by atoms with Gasteiger partial charge in [-0.25, -0.2) is 23.1 Å². The Kier molecular flexibility index (Phi) is 28.4. The third kappa shape index (κ3) is 22.5. The average molecular weight is 1580 g/mol. The van der Waals surface area contributed by atoms with Crippen LogP contribution in [0, 0.1) is 33.8 Å². The van der Waals surface area contributed by atoms with E-state index in [-0.39, 0.29) is 53.1 Å². The average Bonchev–Trinajstić information content (AvgIpc) is 1.74. The van der Waals surface area contributed by atoms with Gasteiger partial charge in [0.2, 0.25) is 11.8 Å². The number of carbonyl (C=O) groups excluding carboxylic acids is 3. The summed E-state index contributed by atoms with van der Waals surface area (Å²) in [6.07, 6.45) is 9.74. The van der Waals surface area contributed by atoms with Gasteiger partial charge in [0.25, 0.3) is 21.6 Å². The summed E-state index contributed by atoms with van der Waals surface area (Å²) in [6, 6.07) is 27.6. The lowest BCUT2D eigenvalue weighted by atomic mass is 9.72. The first-order valence-corrected chi connectivity index (χ1v) is 41.7. The van der Waals surface area contributed by atoms with E-state index in [2.05, 4.69) is 81.2 Å². The number of β-amino-alcohol motifs (C(OH)–C–C–N with tert-alkyl or cyclic N) is 1. The molecule has 3 aliphatic heterocycles. The highest BCUT2D eigenvalue weighted by molar-refractivity contribution is 7.90. The lowest BCUT2D eigenvalue weighted by Crippen LogP contribution is -2.57. The van der Waals surface area contributed by atoms with Gasteiger partial charge in [0, 0.05) is 139 Å². The Balaban J connectivity index is 0.513. The van der Waals surface area contributed by atoms with Crippen molar-refractivity contribution in [1.82, 2.24) is 49.9 Å². The van der Waals surface area contributed by atoms with Crippen molar-refractivity contribution >= 4 is 84.4 Å². The number of thiazole rings is 1. The lowest BCUT2D eigenvalue weighted by molar-refractivity contribution is -0.384. The Labute approximate surface area is 660 Å². The van der Waals surface area contributed by atoms with Crippen LogP contribution >= 0.6 is 22.9 Å². The van der Waals surface area contributed by atoms with E-state index < -0.39 is 55.0 Å². The molecule has 12 rings (SSSR count). The molecule has 1 saturated carbocycles. The van der Waals surface area contributed by atoms with Crippen LogP contribution in [0.2, 0.25) is 5.02 Å². The Hall–Kier alpha value is -7.97. The van der Waals surface area contributed by atoms with Crippen molar-refractivity contribution < 1.29 is 56.5 Å². The zero-order valence-corrected chi connectivity index (χ0v) is 67.1. The predicted molar refractivity (Wildman–Crippen MR) is 432 cm³/mol. The summed E-state index contributed by atoms with van der Waals surface area (Å²) < 4.78 is 59.9. The maximum atomic E-state index is 14.2. The Morgan fingerprint density at radius 1 is 0.811 bits per heavy atom. The number of sulfonamides is 1. The number of nitro groups is 1. The molecule has 6 heterocycles. The van der Waals surface area contributed by atoms with Crippen LogP contribution in [-0.2, 0) is 45.1 Å². The van der Waals surface area contributed by atoms with Crippen molar-refractivity contribution in [1.29, 1.82) is 0 Å². The number of allylic oxidation sites excluding steroid dienone is 1. The molecular weight excluding hydrogens is 1470 g/mol. The molecule has 0 spiro atoms. The molecule has 3 saturated heterocycles. The first-order chi connectivity index (χ1) is 53.4. The Morgan fingerprint density at radius 3 is 2.18 bits per heavy atom. The molecule has 2 aliphatic carbocycles. The van der Waals surface area contributed by atoms with Crippen molar-refractivity contribution in [3.8, 4) is 21.9 Å². The number of H-pyrrole nitrogens is 1. The second kappa shape index (κ2) is 38.2. The molecular formula is C82H108ClN13O13S2. The largest absolute Gasteiger partial charge is 0.455 e. The van der Waals surface area contributed by atoms with Crippen molar-refractivity contribution in [3.05, 3.63) is 158 Å². The minimum absolute atomic E-state index is 0.0471. The molecule has 26 nitrogen and oxygen atoms in total. The number of benzene rings is 4. The van der Waals surface area contributed by atoms with Crippen molar-refractivity contribution in [3.63, 3.8) is 0 Å². The number of hydrogen-bond donors (Lipinski definition) is 6. The van der Waals surface area contributed by atoms with Crippen LogP contribution in [0.5, 0.6) is 11.5 Å². The summed E-state index contributed by atoms with van der Waals surface area (Å²) >= 11 is 7.88. The van der Waals surface area contributed by atoms with E-state index in [1.807, 2.05) is 75.7 Å². The molecule has 7 aromatic rings. The van der Waals surface area contributed by atoms with E-state index in [4.69, 9.17) is 35.3 Å². The van der Waals surface area contributed by atoms with Crippen LogP contribution < -0.4 is 30.3 Å². The number of nitrogens with one attached hydrogen (secondary N) is 5. The molecule has 3 aromatic heterocycles. The molecule has 0 unspecified atom stereocenters. The predicted octanol–water partition coefficient (Wildman–Crippen LogP) is 11.2. The second-order valence-electron chi connectivity index (χ2n) is 31.6. The number of nitro benzene ring substituents is 1. The third-order valence-electron chi connectivity index (χ3n) is 22.0. The Morgan fingerprint density at radius 2 is 1.50 bits per heavy atom. The van der Waals surface area contributed by atoms with Gasteiger partial charge in [-0.05, 0) is 139 Å². The highest BCUT2D eigenvalue weighted by Gasteiger charge is 2.44. The number of aliphatic hydroxyl groups excluding tert-OH is 1. The number of carbonyl (C=O) groups is 3. The van der Waals surface area contributed by atoms with Crippen LogP contribution in [-0.4, -0.2) is 233 Å². The number of aliphatic hydroxyl groups is 1. The molecule has 3 atom stereocenters. The van der Waals surface area contributed by atoms with Gasteiger partial charge in [0.15, 0.2) is 0 Å². The molecule has 0 bridgehead atoms. The monoisotopic (exact) mass is 1580 g/mol. The van der Waals surface area contributed by atoms with Crippen LogP contribution in [0.4, 0.5) is 17.1 Å². The minimum atomic E-state index is -4.63. The van der Waals surface area contributed by atoms with Gasteiger partial charge in [-0.2, -0.15) is 0 Å². The molecule has 4 aromatic carbocycles. The zero-order valence-electron chi connectivity index (χ0n) is 64.7. The Bertz CT molecular complexity index is 4440. The van der Waals surface area contributed by atoms with E-state index in [0.29, 0.717) is 103 Å². The number of aryl methyl sites for hydroxylation is 1. The maximum Gasteiger partial charge on any atom is 0.293 e. The van der Waals surface area contributed by atoms with Crippen LogP contribution in [0.15, 0.2) is 125 Å². The summed E-state index contributed by atoms with van der Waals surface area (Å²) in [5.74, 6) is -0.760. The van der Waals surface area contributed by atoms with E-state index in [9.17, 15) is 38.0 Å². The fourth-order valence-electron chi connectivity index (χ4n) is 15.6. The third-order valence-corrected chi connectivity index (χ3v) is 24.6. The van der Waals surface area contributed by atoms with E-state index in [0.717, 1.165) is 141 Å². The molecule has 0 radical (unpaired) electrons. The number of anilines is 2. The summed E-state index contributed by atoms with van der Waals surface area (Å²) in [5, 5.41) is 34.3. The normalized spacial score (nSPS) is 19.9. The zero-order chi connectivity index (χ0) is 78.2. The van der Waals surface area contributed by atoms with E-state index >= 15 is 0 Å². The number of likely N-dealkylation sites (tertiary alicyclic amines) is 1. The number of fused-ring (bicyclic) bond motifs is 1. The number of aromatic nitrogens is 3. The van der Waals surface area contributed by atoms with Gasteiger partial charge in [0.05, 0.1) is 103 Å². The first kappa shape index (κ1) is 82.5. The highest BCUT2D eigenvalue weighted by Crippen LogP contribution is 2.44. The fraction of sp³-hybridized carbons (Fsp3) is 0.524. The van der Waals surface area contributed by atoms with Gasteiger partial charge < -0.3 is 59.5 Å². The van der Waals surface area contributed by atoms with Crippen LogP contribution in [0.1, 0.15) is 113 Å². The summed E-state index contributed by atoms with van der Waals surface area (Å²) in [7, 11) is -4.63. The minimum Gasteiger partial charge on any atom is -0.455 e. The quantitative estimate of drug-likeness (QED) is 0.0122. The van der Waals surface area contributed by atoms with Gasteiger partial charge in [-0.3, -0.25) is 39.2 Å². The molecule has 3 amide bonds. The number of ether oxygens (including phenoxy) is 5. The second-order valence-corrected chi connectivity index (χ2v) is 34.6.